The molecule has 0 atom stereocenters. The highest BCUT2D eigenvalue weighted by Gasteiger charge is 2.07. The van der Waals surface area contributed by atoms with Gasteiger partial charge in [0.2, 0.25) is 10.0 Å². The minimum atomic E-state index is -3.66. The van der Waals surface area contributed by atoms with Crippen molar-refractivity contribution in [1.82, 2.24) is 5.32 Å². The van der Waals surface area contributed by atoms with Crippen molar-refractivity contribution in [2.24, 2.45) is 5.14 Å². The maximum absolute atomic E-state index is 11.2. The molecule has 0 amide bonds. The Morgan fingerprint density at radius 3 is 2.35 bits per heavy atom. The van der Waals surface area contributed by atoms with Crippen molar-refractivity contribution in [2.45, 2.75) is 18.0 Å². The van der Waals surface area contributed by atoms with Gasteiger partial charge >= 0.3 is 0 Å². The van der Waals surface area contributed by atoms with Gasteiger partial charge in [0.05, 0.1) is 12.0 Å². The molecular weight excluding hydrogens is 340 g/mol. The molecule has 0 aliphatic carbocycles. The van der Waals surface area contributed by atoms with Crippen LogP contribution in [0.3, 0.4) is 0 Å². The third-order valence-electron chi connectivity index (χ3n) is 3.18. The molecule has 0 fully saturated rings. The lowest BCUT2D eigenvalue weighted by Crippen LogP contribution is -2.14. The Bertz CT molecular complexity index is 749. The maximum Gasteiger partial charge on any atom is 0.238 e. The molecule has 23 heavy (non-hydrogen) atoms. The Labute approximate surface area is 141 Å². The summed E-state index contributed by atoms with van der Waals surface area (Å²) in [5.74, 6) is 0.866. The summed E-state index contributed by atoms with van der Waals surface area (Å²) in [6.45, 7) is 0.988. The quantitative estimate of drug-likeness (QED) is 0.730. The van der Waals surface area contributed by atoms with Crippen LogP contribution in [-0.4, -0.2) is 20.6 Å². The van der Waals surface area contributed by atoms with Crippen LogP contribution in [0.2, 0.25) is 0 Å². The summed E-state index contributed by atoms with van der Waals surface area (Å²) in [7, 11) is -2.10. The van der Waals surface area contributed by atoms with Crippen molar-refractivity contribution in [3.05, 3.63) is 53.6 Å². The van der Waals surface area contributed by atoms with Gasteiger partial charge < -0.3 is 15.2 Å². The number of benzene rings is 2. The number of rotatable bonds is 6. The molecule has 4 N–H and O–H groups in total. The van der Waals surface area contributed by atoms with E-state index >= 15 is 0 Å². The van der Waals surface area contributed by atoms with Crippen LogP contribution in [0, 0.1) is 0 Å². The second kappa shape index (κ2) is 8.16. The summed E-state index contributed by atoms with van der Waals surface area (Å²) in [5.41, 5.74) is 1.63. The van der Waals surface area contributed by atoms with Crippen molar-refractivity contribution in [1.29, 1.82) is 0 Å². The van der Waals surface area contributed by atoms with Gasteiger partial charge in [-0.25, -0.2) is 13.6 Å². The van der Waals surface area contributed by atoms with E-state index in [0.717, 1.165) is 11.1 Å². The van der Waals surface area contributed by atoms with Crippen LogP contribution in [0.15, 0.2) is 47.4 Å². The first kappa shape index (κ1) is 19.2. The first-order chi connectivity index (χ1) is 10.4. The van der Waals surface area contributed by atoms with E-state index in [2.05, 4.69) is 5.32 Å². The van der Waals surface area contributed by atoms with E-state index in [0.29, 0.717) is 18.8 Å². The second-order valence-electron chi connectivity index (χ2n) is 4.79. The van der Waals surface area contributed by atoms with Gasteiger partial charge in [-0.15, -0.1) is 12.4 Å². The number of nitrogens with two attached hydrogens (primary N) is 1. The Balaban J connectivity index is 0.00000264. The Kier molecular flexibility index (Phi) is 6.83. The van der Waals surface area contributed by atoms with E-state index in [-0.39, 0.29) is 23.1 Å². The summed E-state index contributed by atoms with van der Waals surface area (Å²) in [6.07, 6.45) is 0. The van der Waals surface area contributed by atoms with Crippen LogP contribution in [0.5, 0.6) is 11.5 Å². The predicted molar refractivity (Wildman–Crippen MR) is 90.3 cm³/mol. The number of sulfonamides is 1. The lowest BCUT2D eigenvalue weighted by molar-refractivity contribution is 0.410. The van der Waals surface area contributed by atoms with E-state index in [4.69, 9.17) is 9.88 Å². The van der Waals surface area contributed by atoms with Gasteiger partial charge in [0.1, 0.15) is 11.5 Å². The van der Waals surface area contributed by atoms with Gasteiger partial charge in [0, 0.05) is 18.7 Å². The highest BCUT2D eigenvalue weighted by atomic mass is 35.5. The molecule has 0 aliphatic heterocycles. The predicted octanol–water partition coefficient (Wildman–Crippen LogP) is 1.76. The average molecular weight is 359 g/mol. The van der Waals surface area contributed by atoms with Crippen LogP contribution in [0.1, 0.15) is 11.1 Å². The summed E-state index contributed by atoms with van der Waals surface area (Å²) < 4.78 is 27.4. The summed E-state index contributed by atoms with van der Waals surface area (Å²) in [6, 6.07) is 11.3. The number of aromatic hydroxyl groups is 1. The fourth-order valence-electron chi connectivity index (χ4n) is 1.97. The van der Waals surface area contributed by atoms with Crippen LogP contribution in [0.4, 0.5) is 0 Å². The van der Waals surface area contributed by atoms with Gasteiger partial charge in [-0.2, -0.15) is 0 Å². The number of hydrogen-bond donors (Lipinski definition) is 3. The molecule has 0 aromatic heterocycles. The molecule has 0 saturated carbocycles. The molecule has 2 aromatic carbocycles. The van der Waals surface area contributed by atoms with Crippen molar-refractivity contribution >= 4 is 22.4 Å². The van der Waals surface area contributed by atoms with Crippen LogP contribution < -0.4 is 15.2 Å². The average Bonchev–Trinajstić information content (AvgIpc) is 2.49. The number of methoxy groups -OCH3 is 1. The number of hydrogen-bond acceptors (Lipinski definition) is 5. The molecule has 0 bridgehead atoms. The molecule has 8 heteroatoms. The molecule has 0 saturated heterocycles. The van der Waals surface area contributed by atoms with Gasteiger partial charge in [-0.3, -0.25) is 0 Å². The van der Waals surface area contributed by atoms with Crippen molar-refractivity contribution in [3.63, 3.8) is 0 Å². The van der Waals surface area contributed by atoms with Crippen LogP contribution in [0.25, 0.3) is 0 Å². The third kappa shape index (κ3) is 5.40. The van der Waals surface area contributed by atoms with Gasteiger partial charge in [-0.05, 0) is 35.9 Å². The SMILES string of the molecule is COc1ccc(O)c(CNCc2ccc(S(N)(=O)=O)cc2)c1.Cl. The van der Waals surface area contributed by atoms with E-state index < -0.39 is 10.0 Å². The standard InChI is InChI=1S/C15H18N2O4S.ClH/c1-21-13-4-7-15(18)12(8-13)10-17-9-11-2-5-14(6-3-11)22(16,19)20;/h2-8,17-18H,9-10H2,1H3,(H2,16,19,20);1H. The molecule has 0 radical (unpaired) electrons. The van der Waals surface area contributed by atoms with E-state index in [1.54, 1.807) is 37.4 Å². The molecule has 0 unspecified atom stereocenters. The van der Waals surface area contributed by atoms with Gasteiger partial charge in [0.25, 0.3) is 0 Å². The van der Waals surface area contributed by atoms with E-state index in [1.165, 1.54) is 12.1 Å². The molecule has 6 nitrogen and oxygen atoms in total. The number of nitrogens with one attached hydrogen (secondary N) is 1. The number of phenolic OH excluding ortho intramolecular Hbond substituents is 1. The number of phenols is 1. The number of ether oxygens (including phenoxy) is 1. The Hall–Kier alpha value is -1.80. The minimum Gasteiger partial charge on any atom is -0.508 e. The highest BCUT2D eigenvalue weighted by Crippen LogP contribution is 2.22. The summed E-state index contributed by atoms with van der Waals surface area (Å²) in [5, 5.41) is 18.0. The molecular formula is C15H19ClN2O4S. The maximum atomic E-state index is 11.2. The zero-order valence-electron chi connectivity index (χ0n) is 12.5. The number of primary sulfonamides is 1. The summed E-state index contributed by atoms with van der Waals surface area (Å²) in [4.78, 5) is 0.0849. The van der Waals surface area contributed by atoms with Gasteiger partial charge in [0.15, 0.2) is 0 Å². The van der Waals surface area contributed by atoms with Crippen LogP contribution in [-0.2, 0) is 23.1 Å². The smallest absolute Gasteiger partial charge is 0.238 e. The van der Waals surface area contributed by atoms with Gasteiger partial charge in [-0.1, -0.05) is 12.1 Å². The van der Waals surface area contributed by atoms with E-state index in [9.17, 15) is 13.5 Å². The fraction of sp³-hybridized carbons (Fsp3) is 0.200. The molecule has 2 rings (SSSR count). The summed E-state index contributed by atoms with van der Waals surface area (Å²) >= 11 is 0. The second-order valence-corrected chi connectivity index (χ2v) is 6.35. The fourth-order valence-corrected chi connectivity index (χ4v) is 2.48. The first-order valence-electron chi connectivity index (χ1n) is 6.58. The molecule has 0 heterocycles. The van der Waals surface area contributed by atoms with Crippen LogP contribution >= 0.6 is 12.4 Å². The molecule has 126 valence electrons. The van der Waals surface area contributed by atoms with Crippen molar-refractivity contribution < 1.29 is 18.3 Å². The molecule has 2 aromatic rings. The largest absolute Gasteiger partial charge is 0.508 e. The normalized spacial score (nSPS) is 10.9. The lowest BCUT2D eigenvalue weighted by atomic mass is 10.1. The zero-order valence-corrected chi connectivity index (χ0v) is 14.2. The van der Waals surface area contributed by atoms with E-state index in [1.807, 2.05) is 0 Å². The molecule has 0 aliphatic rings. The topological polar surface area (TPSA) is 102 Å². The minimum absolute atomic E-state index is 0. The monoisotopic (exact) mass is 358 g/mol. The first-order valence-corrected chi connectivity index (χ1v) is 8.13. The zero-order chi connectivity index (χ0) is 16.2. The Morgan fingerprint density at radius 2 is 1.78 bits per heavy atom. The molecule has 0 spiro atoms. The van der Waals surface area contributed by atoms with Crippen molar-refractivity contribution in [2.75, 3.05) is 7.11 Å². The lowest BCUT2D eigenvalue weighted by Gasteiger charge is -2.09. The number of halogens is 1. The third-order valence-corrected chi connectivity index (χ3v) is 4.11. The Morgan fingerprint density at radius 1 is 1.13 bits per heavy atom. The highest BCUT2D eigenvalue weighted by molar-refractivity contribution is 7.89. The van der Waals surface area contributed by atoms with Crippen molar-refractivity contribution in [3.8, 4) is 11.5 Å².